The van der Waals surface area contributed by atoms with E-state index in [-0.39, 0.29) is 22.9 Å². The number of halogens is 2. The molecule has 1 heterocycles. The predicted molar refractivity (Wildman–Crippen MR) is 71.3 cm³/mol. The maximum Gasteiger partial charge on any atom is 0.251 e. The maximum atomic E-state index is 13.5. The Labute approximate surface area is 116 Å². The number of rotatable bonds is 3. The van der Waals surface area contributed by atoms with Crippen molar-refractivity contribution in [3.63, 3.8) is 0 Å². The summed E-state index contributed by atoms with van der Waals surface area (Å²) in [5.41, 5.74) is 10.9. The molecular formula is C12H9BrFN3O2. The maximum absolute atomic E-state index is 13.5. The van der Waals surface area contributed by atoms with Crippen LogP contribution in [0.4, 0.5) is 10.1 Å². The lowest BCUT2D eigenvalue weighted by molar-refractivity contribution is 0.100. The van der Waals surface area contributed by atoms with E-state index in [0.717, 1.165) is 0 Å². The van der Waals surface area contributed by atoms with E-state index in [1.165, 1.54) is 30.5 Å². The van der Waals surface area contributed by atoms with Crippen LogP contribution >= 0.6 is 15.9 Å². The summed E-state index contributed by atoms with van der Waals surface area (Å²) in [5.74, 6) is -1.26. The lowest BCUT2D eigenvalue weighted by Gasteiger charge is -2.08. The fourth-order valence-corrected chi connectivity index (χ4v) is 1.72. The highest BCUT2D eigenvalue weighted by Gasteiger charge is 2.11. The van der Waals surface area contributed by atoms with Gasteiger partial charge in [-0.1, -0.05) is 15.9 Å². The molecule has 4 N–H and O–H groups in total. The minimum absolute atomic E-state index is 0.0259. The van der Waals surface area contributed by atoms with Crippen LogP contribution in [0.1, 0.15) is 10.4 Å². The molecule has 0 aliphatic heterocycles. The third-order valence-corrected chi connectivity index (χ3v) is 2.78. The van der Waals surface area contributed by atoms with Crippen molar-refractivity contribution in [1.29, 1.82) is 0 Å². The molecule has 0 spiro atoms. The van der Waals surface area contributed by atoms with Crippen LogP contribution in [0.3, 0.4) is 0 Å². The average molecular weight is 326 g/mol. The minimum Gasteiger partial charge on any atom is -0.436 e. The van der Waals surface area contributed by atoms with Crippen molar-refractivity contribution >= 4 is 27.5 Å². The van der Waals surface area contributed by atoms with Crippen LogP contribution in [-0.2, 0) is 0 Å². The van der Waals surface area contributed by atoms with Crippen molar-refractivity contribution in [1.82, 2.24) is 4.98 Å². The average Bonchev–Trinajstić information content (AvgIpc) is 2.36. The highest BCUT2D eigenvalue weighted by molar-refractivity contribution is 9.10. The third kappa shape index (κ3) is 3.00. The molecule has 0 aliphatic rings. The van der Waals surface area contributed by atoms with E-state index in [1.54, 1.807) is 0 Å². The van der Waals surface area contributed by atoms with Gasteiger partial charge in [-0.05, 0) is 18.2 Å². The van der Waals surface area contributed by atoms with Gasteiger partial charge in [-0.25, -0.2) is 9.37 Å². The first-order valence-electron chi connectivity index (χ1n) is 5.15. The number of primary amides is 1. The molecule has 1 amide bonds. The molecule has 1 aromatic heterocycles. The summed E-state index contributed by atoms with van der Waals surface area (Å²) in [6.45, 7) is 0. The molecule has 19 heavy (non-hydrogen) atoms. The first-order valence-corrected chi connectivity index (χ1v) is 5.95. The van der Waals surface area contributed by atoms with Gasteiger partial charge in [0.15, 0.2) is 11.6 Å². The van der Waals surface area contributed by atoms with Crippen molar-refractivity contribution < 1.29 is 13.9 Å². The summed E-state index contributed by atoms with van der Waals surface area (Å²) < 4.78 is 19.4. The summed E-state index contributed by atoms with van der Waals surface area (Å²) >= 11 is 3.20. The number of aromatic nitrogens is 1. The molecule has 0 atom stereocenters. The van der Waals surface area contributed by atoms with Gasteiger partial charge in [-0.3, -0.25) is 4.79 Å². The molecule has 2 aromatic rings. The first-order chi connectivity index (χ1) is 8.97. The molecule has 0 fully saturated rings. The number of nitrogens with two attached hydrogens (primary N) is 2. The molecule has 0 radical (unpaired) electrons. The van der Waals surface area contributed by atoms with Crippen molar-refractivity contribution in [2.45, 2.75) is 0 Å². The lowest BCUT2D eigenvalue weighted by atomic mass is 10.2. The Morgan fingerprint density at radius 1 is 1.37 bits per heavy atom. The van der Waals surface area contributed by atoms with Gasteiger partial charge in [0.25, 0.3) is 5.91 Å². The molecular weight excluding hydrogens is 317 g/mol. The zero-order valence-corrected chi connectivity index (χ0v) is 11.1. The smallest absolute Gasteiger partial charge is 0.251 e. The Morgan fingerprint density at radius 3 is 2.79 bits per heavy atom. The van der Waals surface area contributed by atoms with Gasteiger partial charge >= 0.3 is 0 Å². The van der Waals surface area contributed by atoms with Crippen LogP contribution < -0.4 is 16.2 Å². The SMILES string of the molecule is NC(=O)c1cc(Oc2cc(Br)ccc2F)ncc1N. The molecule has 0 unspecified atom stereocenters. The van der Waals surface area contributed by atoms with Gasteiger partial charge in [0.05, 0.1) is 17.4 Å². The molecule has 7 heteroatoms. The molecule has 2 rings (SSSR count). The number of nitrogen functional groups attached to an aromatic ring is 1. The minimum atomic E-state index is -0.709. The standard InChI is InChI=1S/C12H9BrFN3O2/c13-6-1-2-8(14)10(3-6)19-11-4-7(12(16)18)9(15)5-17-11/h1-5H,15H2,(H2,16,18). The van der Waals surface area contributed by atoms with E-state index >= 15 is 0 Å². The van der Waals surface area contributed by atoms with Crippen LogP contribution in [0.2, 0.25) is 0 Å². The Morgan fingerprint density at radius 2 is 2.11 bits per heavy atom. The van der Waals surface area contributed by atoms with Crippen molar-refractivity contribution in [3.8, 4) is 11.6 Å². The molecule has 1 aromatic carbocycles. The van der Waals surface area contributed by atoms with Gasteiger partial charge < -0.3 is 16.2 Å². The summed E-state index contributed by atoms with van der Waals surface area (Å²) in [5, 5.41) is 0. The summed E-state index contributed by atoms with van der Waals surface area (Å²) in [4.78, 5) is 15.0. The largest absolute Gasteiger partial charge is 0.436 e. The molecule has 0 aliphatic carbocycles. The second-order valence-electron chi connectivity index (χ2n) is 3.65. The number of benzene rings is 1. The quantitative estimate of drug-likeness (QED) is 0.906. The van der Waals surface area contributed by atoms with Crippen LogP contribution in [-0.4, -0.2) is 10.9 Å². The monoisotopic (exact) mass is 325 g/mol. The number of pyridine rings is 1. The van der Waals surface area contributed by atoms with E-state index in [0.29, 0.717) is 4.47 Å². The van der Waals surface area contributed by atoms with Crippen molar-refractivity contribution in [2.24, 2.45) is 5.73 Å². The number of carbonyl (C=O) groups excluding carboxylic acids is 1. The Balaban J connectivity index is 2.36. The topological polar surface area (TPSA) is 91.2 Å². The Kier molecular flexibility index (Phi) is 3.66. The number of anilines is 1. The molecule has 98 valence electrons. The number of carbonyl (C=O) groups is 1. The Bertz CT molecular complexity index is 649. The zero-order chi connectivity index (χ0) is 14.0. The fourth-order valence-electron chi connectivity index (χ4n) is 1.38. The highest BCUT2D eigenvalue weighted by Crippen LogP contribution is 2.27. The number of amides is 1. The van der Waals surface area contributed by atoms with Crippen LogP contribution in [0, 0.1) is 5.82 Å². The molecule has 5 nitrogen and oxygen atoms in total. The zero-order valence-electron chi connectivity index (χ0n) is 9.56. The highest BCUT2D eigenvalue weighted by atomic mass is 79.9. The van der Waals surface area contributed by atoms with E-state index in [2.05, 4.69) is 20.9 Å². The van der Waals surface area contributed by atoms with E-state index < -0.39 is 11.7 Å². The lowest BCUT2D eigenvalue weighted by Crippen LogP contribution is -2.14. The van der Waals surface area contributed by atoms with Crippen molar-refractivity contribution in [3.05, 3.63) is 46.3 Å². The van der Waals surface area contributed by atoms with E-state index in [1.807, 2.05) is 0 Å². The Hall–Kier alpha value is -2.15. The van der Waals surface area contributed by atoms with E-state index in [9.17, 15) is 9.18 Å². The van der Waals surface area contributed by atoms with Crippen LogP contribution in [0.5, 0.6) is 11.6 Å². The van der Waals surface area contributed by atoms with Gasteiger partial charge in [-0.15, -0.1) is 0 Å². The molecule has 0 saturated carbocycles. The second kappa shape index (κ2) is 5.23. The fraction of sp³-hybridized carbons (Fsp3) is 0. The van der Waals surface area contributed by atoms with Crippen molar-refractivity contribution in [2.75, 3.05) is 5.73 Å². The summed E-state index contributed by atoms with van der Waals surface area (Å²) in [6, 6.07) is 5.48. The number of hydrogen-bond acceptors (Lipinski definition) is 4. The van der Waals surface area contributed by atoms with Gasteiger partial charge in [0.1, 0.15) is 0 Å². The predicted octanol–water partition coefficient (Wildman–Crippen LogP) is 2.46. The van der Waals surface area contributed by atoms with Crippen LogP contribution in [0.15, 0.2) is 34.9 Å². The van der Waals surface area contributed by atoms with Crippen LogP contribution in [0.25, 0.3) is 0 Å². The summed E-state index contributed by atoms with van der Waals surface area (Å²) in [7, 11) is 0. The van der Waals surface area contributed by atoms with E-state index in [4.69, 9.17) is 16.2 Å². The van der Waals surface area contributed by atoms with Gasteiger partial charge in [-0.2, -0.15) is 0 Å². The molecule has 0 saturated heterocycles. The molecule has 0 bridgehead atoms. The second-order valence-corrected chi connectivity index (χ2v) is 4.57. The van der Waals surface area contributed by atoms with Gasteiger partial charge in [0.2, 0.25) is 5.88 Å². The number of nitrogens with zero attached hydrogens (tertiary/aromatic N) is 1. The normalized spacial score (nSPS) is 10.2. The van der Waals surface area contributed by atoms with Gasteiger partial charge in [0, 0.05) is 10.5 Å². The number of ether oxygens (including phenoxy) is 1. The third-order valence-electron chi connectivity index (χ3n) is 2.28. The number of hydrogen-bond donors (Lipinski definition) is 2. The summed E-state index contributed by atoms with van der Waals surface area (Å²) in [6.07, 6.45) is 1.23. The first kappa shape index (κ1) is 13.3.